The fourth-order valence-electron chi connectivity index (χ4n) is 2.37. The summed E-state index contributed by atoms with van der Waals surface area (Å²) in [7, 11) is 0. The van der Waals surface area contributed by atoms with Gasteiger partial charge in [0.1, 0.15) is 5.82 Å². The van der Waals surface area contributed by atoms with Crippen LogP contribution in [0.2, 0.25) is 0 Å². The molecule has 0 unspecified atom stereocenters. The van der Waals surface area contributed by atoms with Gasteiger partial charge in [0.05, 0.1) is 11.3 Å². The third kappa shape index (κ3) is 3.92. The van der Waals surface area contributed by atoms with Crippen LogP contribution < -0.4 is 5.69 Å². The van der Waals surface area contributed by atoms with Gasteiger partial charge in [0.15, 0.2) is 0 Å². The second-order valence-corrected chi connectivity index (χ2v) is 5.52. The Morgan fingerprint density at radius 1 is 1.15 bits per heavy atom. The highest BCUT2D eigenvalue weighted by atomic mass is 19.4. The van der Waals surface area contributed by atoms with Gasteiger partial charge in [-0.25, -0.2) is 14.0 Å². The van der Waals surface area contributed by atoms with Crippen LogP contribution >= 0.6 is 0 Å². The van der Waals surface area contributed by atoms with Gasteiger partial charge in [-0.1, -0.05) is 13.8 Å². The maximum atomic E-state index is 13.7. The van der Waals surface area contributed by atoms with Crippen molar-refractivity contribution in [3.05, 3.63) is 40.1 Å². The lowest BCUT2D eigenvalue weighted by atomic mass is 10.2. The second-order valence-electron chi connectivity index (χ2n) is 5.52. The van der Waals surface area contributed by atoms with Crippen molar-refractivity contribution in [2.75, 3.05) is 13.1 Å². The van der Waals surface area contributed by atoms with E-state index in [1.54, 1.807) is 0 Å². The summed E-state index contributed by atoms with van der Waals surface area (Å²) in [5.41, 5.74) is -2.72. The van der Waals surface area contributed by atoms with E-state index in [0.29, 0.717) is 47.4 Å². The number of tetrazole rings is 1. The van der Waals surface area contributed by atoms with Crippen molar-refractivity contribution < 1.29 is 22.4 Å². The summed E-state index contributed by atoms with van der Waals surface area (Å²) in [5.74, 6) is -1.55. The van der Waals surface area contributed by atoms with E-state index in [2.05, 4.69) is 10.4 Å². The summed E-state index contributed by atoms with van der Waals surface area (Å²) in [6.45, 7) is 4.53. The second kappa shape index (κ2) is 7.67. The predicted octanol–water partition coefficient (Wildman–Crippen LogP) is 2.68. The number of carbonyl (C=O) groups is 1. The molecule has 0 saturated carbocycles. The molecule has 0 spiro atoms. The molecule has 1 heterocycles. The van der Waals surface area contributed by atoms with Gasteiger partial charge < -0.3 is 4.90 Å². The number of hydrogen-bond donors (Lipinski definition) is 0. The lowest BCUT2D eigenvalue weighted by Crippen LogP contribution is -2.41. The van der Waals surface area contributed by atoms with Crippen LogP contribution in [0.25, 0.3) is 5.69 Å². The van der Waals surface area contributed by atoms with Crippen LogP contribution in [0, 0.1) is 5.82 Å². The Bertz CT molecular complexity index is 837. The molecule has 0 bridgehead atoms. The molecule has 0 aliphatic carbocycles. The minimum atomic E-state index is -4.86. The van der Waals surface area contributed by atoms with E-state index >= 15 is 0 Å². The van der Waals surface area contributed by atoms with Crippen LogP contribution in [-0.2, 0) is 6.18 Å². The number of amides is 1. The molecule has 2 rings (SSSR count). The molecule has 0 N–H and O–H groups in total. The molecule has 0 aliphatic rings. The molecule has 0 radical (unpaired) electrons. The van der Waals surface area contributed by atoms with Crippen LogP contribution in [0.15, 0.2) is 23.0 Å². The summed E-state index contributed by atoms with van der Waals surface area (Å²) in [5, 5.41) is 6.92. The third-order valence-electron chi connectivity index (χ3n) is 3.52. The molecule has 1 aromatic carbocycles. The zero-order valence-corrected chi connectivity index (χ0v) is 14.1. The standard InChI is InChI=1S/C15H17F4N5O2/c1-3-7-22(8-4-2)13(25)24-14(26)23(20-21-24)10-5-6-11(12(16)9-10)15(17,18)19/h5-6,9H,3-4,7-8H2,1-2H3. The normalized spacial score (nSPS) is 11.6. The van der Waals surface area contributed by atoms with Crippen LogP contribution in [0.1, 0.15) is 32.3 Å². The average Bonchev–Trinajstić information content (AvgIpc) is 2.94. The number of aromatic nitrogens is 4. The smallest absolute Gasteiger partial charge is 0.323 e. The minimum absolute atomic E-state index is 0.267. The number of carbonyl (C=O) groups excluding carboxylic acids is 1. The van der Waals surface area contributed by atoms with Crippen molar-refractivity contribution in [3.8, 4) is 5.69 Å². The van der Waals surface area contributed by atoms with Gasteiger partial charge in [-0.3, -0.25) is 0 Å². The van der Waals surface area contributed by atoms with E-state index < -0.39 is 29.3 Å². The summed E-state index contributed by atoms with van der Waals surface area (Å²) < 4.78 is 52.6. The largest absolute Gasteiger partial charge is 0.419 e. The molecular weight excluding hydrogens is 358 g/mol. The molecule has 1 amide bonds. The SMILES string of the molecule is CCCN(CCC)C(=O)n1nnn(-c2ccc(C(F)(F)F)c(F)c2)c1=O. The molecule has 26 heavy (non-hydrogen) atoms. The molecular formula is C15H17F4N5O2. The summed E-state index contributed by atoms with van der Waals surface area (Å²) in [4.78, 5) is 26.1. The summed E-state index contributed by atoms with van der Waals surface area (Å²) in [6.07, 6.45) is -3.53. The van der Waals surface area contributed by atoms with Crippen molar-refractivity contribution in [2.24, 2.45) is 0 Å². The Kier molecular flexibility index (Phi) is 5.78. The van der Waals surface area contributed by atoms with Crippen LogP contribution in [0.3, 0.4) is 0 Å². The van der Waals surface area contributed by atoms with Crippen molar-refractivity contribution in [3.63, 3.8) is 0 Å². The summed E-state index contributed by atoms with van der Waals surface area (Å²) >= 11 is 0. The van der Waals surface area contributed by atoms with Crippen molar-refractivity contribution >= 4 is 6.03 Å². The molecule has 2 aromatic rings. The number of rotatable bonds is 5. The molecule has 0 atom stereocenters. The Morgan fingerprint density at radius 2 is 1.77 bits per heavy atom. The molecule has 142 valence electrons. The Balaban J connectivity index is 2.39. The monoisotopic (exact) mass is 375 g/mol. The van der Waals surface area contributed by atoms with Gasteiger partial charge in [-0.15, -0.1) is 4.68 Å². The first-order chi connectivity index (χ1) is 12.2. The minimum Gasteiger partial charge on any atom is -0.323 e. The fraction of sp³-hybridized carbons (Fsp3) is 0.467. The molecule has 0 aliphatic heterocycles. The van der Waals surface area contributed by atoms with Gasteiger partial charge in [0, 0.05) is 19.2 Å². The molecule has 1 aromatic heterocycles. The molecule has 11 heteroatoms. The number of hydrogen-bond acceptors (Lipinski definition) is 4. The van der Waals surface area contributed by atoms with Crippen molar-refractivity contribution in [1.29, 1.82) is 0 Å². The first kappa shape index (κ1) is 19.6. The average molecular weight is 375 g/mol. The fourth-order valence-corrected chi connectivity index (χ4v) is 2.37. The third-order valence-corrected chi connectivity index (χ3v) is 3.52. The highest BCUT2D eigenvalue weighted by Gasteiger charge is 2.34. The van der Waals surface area contributed by atoms with Crippen LogP contribution in [0.4, 0.5) is 22.4 Å². The highest BCUT2D eigenvalue weighted by Crippen LogP contribution is 2.31. The van der Waals surface area contributed by atoms with Gasteiger partial charge in [0.2, 0.25) is 0 Å². The summed E-state index contributed by atoms with van der Waals surface area (Å²) in [6, 6.07) is 1.20. The van der Waals surface area contributed by atoms with E-state index in [0.717, 1.165) is 6.07 Å². The maximum absolute atomic E-state index is 13.7. The van der Waals surface area contributed by atoms with Crippen LogP contribution in [0.5, 0.6) is 0 Å². The van der Waals surface area contributed by atoms with E-state index in [1.165, 1.54) is 4.90 Å². The van der Waals surface area contributed by atoms with Gasteiger partial charge >= 0.3 is 17.9 Å². The maximum Gasteiger partial charge on any atom is 0.419 e. The lowest BCUT2D eigenvalue weighted by Gasteiger charge is -2.19. The van der Waals surface area contributed by atoms with E-state index in [1.807, 2.05) is 13.8 Å². The number of alkyl halides is 3. The van der Waals surface area contributed by atoms with Gasteiger partial charge in [-0.05, 0) is 35.4 Å². The number of benzene rings is 1. The Morgan fingerprint density at radius 3 is 2.27 bits per heavy atom. The number of halogens is 4. The Hall–Kier alpha value is -2.72. The molecule has 7 nitrogen and oxygen atoms in total. The first-order valence-electron chi connectivity index (χ1n) is 7.92. The highest BCUT2D eigenvalue weighted by molar-refractivity contribution is 5.75. The van der Waals surface area contributed by atoms with Crippen molar-refractivity contribution in [2.45, 2.75) is 32.9 Å². The zero-order valence-electron chi connectivity index (χ0n) is 14.1. The van der Waals surface area contributed by atoms with Crippen LogP contribution in [-0.4, -0.2) is 43.8 Å². The van der Waals surface area contributed by atoms with E-state index in [4.69, 9.17) is 0 Å². The van der Waals surface area contributed by atoms with Gasteiger partial charge in [0.25, 0.3) is 0 Å². The van der Waals surface area contributed by atoms with Crippen molar-refractivity contribution in [1.82, 2.24) is 24.7 Å². The Labute approximate surface area is 145 Å². The zero-order chi connectivity index (χ0) is 19.5. The molecule has 0 fully saturated rings. The topological polar surface area (TPSA) is 73.0 Å². The van der Waals surface area contributed by atoms with E-state index in [-0.39, 0.29) is 5.69 Å². The predicted molar refractivity (Wildman–Crippen MR) is 83.5 cm³/mol. The number of nitrogens with zero attached hydrogens (tertiary/aromatic N) is 5. The quantitative estimate of drug-likeness (QED) is 0.595. The lowest BCUT2D eigenvalue weighted by molar-refractivity contribution is -0.140. The molecule has 0 saturated heterocycles. The first-order valence-corrected chi connectivity index (χ1v) is 7.92. The van der Waals surface area contributed by atoms with E-state index in [9.17, 15) is 27.2 Å². The van der Waals surface area contributed by atoms with Gasteiger partial charge in [-0.2, -0.15) is 17.9 Å².